The van der Waals surface area contributed by atoms with E-state index in [1.807, 2.05) is 13.0 Å². The molecule has 2 aliphatic rings. The van der Waals surface area contributed by atoms with Crippen LogP contribution in [-0.2, 0) is 29.7 Å². The Labute approximate surface area is 245 Å². The van der Waals surface area contributed by atoms with Gasteiger partial charge in [0.2, 0.25) is 0 Å². The van der Waals surface area contributed by atoms with Crippen LogP contribution in [0.1, 0.15) is 75.6 Å². The Bertz CT molecular complexity index is 1510. The molecular weight excluding hydrogens is 541 g/mol. The predicted molar refractivity (Wildman–Crippen MR) is 156 cm³/mol. The van der Waals surface area contributed by atoms with Crippen LogP contribution in [0, 0.1) is 34.7 Å². The SMILES string of the molecule is CCCC(C)(C)Cc1cc(COc2ccc3c(c2F)C2(CCC3)C(C)C2C(=O)O)c(F)cc1-c1cc(OC)ccc1F. The van der Waals surface area contributed by atoms with Gasteiger partial charge in [0.05, 0.1) is 13.0 Å². The summed E-state index contributed by atoms with van der Waals surface area (Å²) in [6.45, 7) is 8.00. The summed E-state index contributed by atoms with van der Waals surface area (Å²) in [5.74, 6) is -2.88. The highest BCUT2D eigenvalue weighted by atomic mass is 19.1. The quantitative estimate of drug-likeness (QED) is 0.261. The Morgan fingerprint density at radius 3 is 2.48 bits per heavy atom. The normalized spacial score (nSPS) is 21.2. The molecule has 0 heterocycles. The first kappa shape index (κ1) is 30.0. The van der Waals surface area contributed by atoms with Crippen molar-refractivity contribution in [2.75, 3.05) is 7.11 Å². The largest absolute Gasteiger partial charge is 0.497 e. The number of benzene rings is 3. The molecule has 3 aromatic rings. The maximum absolute atomic E-state index is 16.0. The number of carbonyl (C=O) groups is 1. The zero-order valence-corrected chi connectivity index (χ0v) is 25.0. The zero-order chi connectivity index (χ0) is 30.4. The van der Waals surface area contributed by atoms with Gasteiger partial charge in [0, 0.05) is 22.1 Å². The lowest BCUT2D eigenvalue weighted by Gasteiger charge is -2.28. The third-order valence-corrected chi connectivity index (χ3v) is 9.43. The molecule has 7 heteroatoms. The highest BCUT2D eigenvalue weighted by molar-refractivity contribution is 5.79. The van der Waals surface area contributed by atoms with Gasteiger partial charge in [-0.1, -0.05) is 40.2 Å². The highest BCUT2D eigenvalue weighted by Crippen LogP contribution is 2.66. The van der Waals surface area contributed by atoms with Crippen molar-refractivity contribution in [1.29, 1.82) is 0 Å². The van der Waals surface area contributed by atoms with E-state index in [0.29, 0.717) is 36.1 Å². The number of carboxylic acid groups (broad SMARTS) is 1. The van der Waals surface area contributed by atoms with Gasteiger partial charge >= 0.3 is 5.97 Å². The fourth-order valence-electron chi connectivity index (χ4n) is 7.40. The van der Waals surface area contributed by atoms with Crippen LogP contribution >= 0.6 is 0 Å². The van der Waals surface area contributed by atoms with Crippen molar-refractivity contribution in [3.63, 3.8) is 0 Å². The van der Waals surface area contributed by atoms with E-state index < -0.39 is 34.8 Å². The van der Waals surface area contributed by atoms with Gasteiger partial charge in [-0.05, 0) is 96.5 Å². The first-order valence-corrected chi connectivity index (χ1v) is 14.8. The molecule has 1 fully saturated rings. The van der Waals surface area contributed by atoms with Crippen LogP contribution in [0.5, 0.6) is 11.5 Å². The molecule has 0 aromatic heterocycles. The van der Waals surface area contributed by atoms with E-state index in [-0.39, 0.29) is 34.8 Å². The van der Waals surface area contributed by atoms with Crippen molar-refractivity contribution in [3.05, 3.63) is 82.2 Å². The van der Waals surface area contributed by atoms with E-state index in [0.717, 1.165) is 30.4 Å². The Kier molecular flexibility index (Phi) is 8.08. The molecule has 1 saturated carbocycles. The van der Waals surface area contributed by atoms with Crippen LogP contribution in [0.4, 0.5) is 13.2 Å². The standard InChI is InChI=1S/C35H39F3O4/c1-6-13-34(3,4)18-22-15-23(28(37)17-25(22)26-16-24(41-5)10-11-27(26)36)19-42-29-12-9-21-8-7-14-35(31(21)32(29)38)20(2)30(35)33(39)40/h9-12,15-17,20,30H,6-8,13-14,18-19H2,1-5H3,(H,39,40). The number of halogens is 3. The van der Waals surface area contributed by atoms with Crippen molar-refractivity contribution in [2.24, 2.45) is 17.3 Å². The van der Waals surface area contributed by atoms with Gasteiger partial charge < -0.3 is 14.6 Å². The van der Waals surface area contributed by atoms with E-state index in [1.165, 1.54) is 25.3 Å². The van der Waals surface area contributed by atoms with E-state index in [1.54, 1.807) is 18.2 Å². The summed E-state index contributed by atoms with van der Waals surface area (Å²) in [7, 11) is 1.50. The molecule has 1 N–H and O–H groups in total. The summed E-state index contributed by atoms with van der Waals surface area (Å²) < 4.78 is 57.9. The molecule has 3 unspecified atom stereocenters. The van der Waals surface area contributed by atoms with Crippen LogP contribution in [0.25, 0.3) is 11.1 Å². The van der Waals surface area contributed by atoms with Crippen LogP contribution in [0.3, 0.4) is 0 Å². The average molecular weight is 581 g/mol. The Morgan fingerprint density at radius 2 is 1.81 bits per heavy atom. The lowest BCUT2D eigenvalue weighted by Crippen LogP contribution is -2.24. The minimum absolute atomic E-state index is 0.0200. The van der Waals surface area contributed by atoms with E-state index in [9.17, 15) is 9.90 Å². The average Bonchev–Trinajstić information content (AvgIpc) is 3.52. The molecule has 0 saturated heterocycles. The smallest absolute Gasteiger partial charge is 0.307 e. The number of ether oxygens (including phenoxy) is 2. The summed E-state index contributed by atoms with van der Waals surface area (Å²) in [6, 6.07) is 10.8. The van der Waals surface area contributed by atoms with E-state index in [2.05, 4.69) is 20.8 Å². The maximum Gasteiger partial charge on any atom is 0.307 e. The number of carboxylic acids is 1. The lowest BCUT2D eigenvalue weighted by atomic mass is 9.77. The number of aryl methyl sites for hydroxylation is 1. The van der Waals surface area contributed by atoms with Gasteiger partial charge in [-0.25, -0.2) is 13.2 Å². The van der Waals surface area contributed by atoms with E-state index >= 15 is 13.2 Å². The van der Waals surface area contributed by atoms with Crippen molar-refractivity contribution in [2.45, 2.75) is 78.2 Å². The van der Waals surface area contributed by atoms with Crippen molar-refractivity contribution in [1.82, 2.24) is 0 Å². The number of aliphatic carboxylic acids is 1. The molecule has 42 heavy (non-hydrogen) atoms. The molecule has 0 radical (unpaired) electrons. The second-order valence-electron chi connectivity index (χ2n) is 12.7. The number of hydrogen-bond donors (Lipinski definition) is 1. The summed E-state index contributed by atoms with van der Waals surface area (Å²) in [5.41, 5.74) is 2.10. The van der Waals surface area contributed by atoms with Crippen LogP contribution in [0.2, 0.25) is 0 Å². The second kappa shape index (κ2) is 11.3. The van der Waals surface area contributed by atoms with Gasteiger partial charge in [0.25, 0.3) is 0 Å². The molecule has 3 atom stereocenters. The van der Waals surface area contributed by atoms with Crippen molar-refractivity contribution in [3.8, 4) is 22.6 Å². The maximum atomic E-state index is 16.0. The van der Waals surface area contributed by atoms with Crippen molar-refractivity contribution >= 4 is 5.97 Å². The van der Waals surface area contributed by atoms with Gasteiger partial charge in [0.1, 0.15) is 24.0 Å². The van der Waals surface area contributed by atoms with Crippen LogP contribution in [0.15, 0.2) is 42.5 Å². The predicted octanol–water partition coefficient (Wildman–Crippen LogP) is 8.65. The summed E-state index contributed by atoms with van der Waals surface area (Å²) in [5, 5.41) is 9.77. The number of rotatable bonds is 10. The first-order chi connectivity index (χ1) is 19.9. The fourth-order valence-corrected chi connectivity index (χ4v) is 7.40. The number of fused-ring (bicyclic) bond motifs is 2. The molecular formula is C35H39F3O4. The van der Waals surface area contributed by atoms with Crippen LogP contribution < -0.4 is 9.47 Å². The van der Waals surface area contributed by atoms with Crippen LogP contribution in [-0.4, -0.2) is 18.2 Å². The number of methoxy groups -OCH3 is 1. The molecule has 1 spiro atoms. The highest BCUT2D eigenvalue weighted by Gasteiger charge is 2.68. The first-order valence-electron chi connectivity index (χ1n) is 14.8. The molecule has 2 aliphatic carbocycles. The van der Waals surface area contributed by atoms with Crippen molar-refractivity contribution < 1.29 is 32.5 Å². The van der Waals surface area contributed by atoms with Gasteiger partial charge in [-0.2, -0.15) is 0 Å². The van der Waals surface area contributed by atoms with Gasteiger partial charge in [0.15, 0.2) is 11.6 Å². The summed E-state index contributed by atoms with van der Waals surface area (Å²) in [6.07, 6.45) is 4.57. The monoisotopic (exact) mass is 580 g/mol. The van der Waals surface area contributed by atoms with E-state index in [4.69, 9.17) is 9.47 Å². The summed E-state index contributed by atoms with van der Waals surface area (Å²) >= 11 is 0. The third-order valence-electron chi connectivity index (χ3n) is 9.43. The zero-order valence-electron chi connectivity index (χ0n) is 25.0. The Balaban J connectivity index is 1.50. The van der Waals surface area contributed by atoms with Gasteiger partial charge in [-0.3, -0.25) is 4.79 Å². The molecule has 0 bridgehead atoms. The molecule has 5 rings (SSSR count). The molecule has 3 aromatic carbocycles. The molecule has 4 nitrogen and oxygen atoms in total. The van der Waals surface area contributed by atoms with Gasteiger partial charge in [-0.15, -0.1) is 0 Å². The summed E-state index contributed by atoms with van der Waals surface area (Å²) in [4.78, 5) is 11.9. The Morgan fingerprint density at radius 1 is 1.05 bits per heavy atom. The fraction of sp³-hybridized carbons (Fsp3) is 0.457. The Hall–Kier alpha value is -3.48. The molecule has 0 aliphatic heterocycles. The minimum Gasteiger partial charge on any atom is -0.497 e. The second-order valence-corrected chi connectivity index (χ2v) is 12.7. The minimum atomic E-state index is -0.908. The topological polar surface area (TPSA) is 55.8 Å². The third kappa shape index (κ3) is 5.27. The molecule has 224 valence electrons. The number of hydrogen-bond acceptors (Lipinski definition) is 3. The molecule has 0 amide bonds. The lowest BCUT2D eigenvalue weighted by molar-refractivity contribution is -0.139.